The van der Waals surface area contributed by atoms with E-state index in [0.717, 1.165) is 26.1 Å². The highest BCUT2D eigenvalue weighted by molar-refractivity contribution is 5.14. The molecule has 2 aromatic carbocycles. The van der Waals surface area contributed by atoms with Crippen molar-refractivity contribution in [1.82, 2.24) is 0 Å². The van der Waals surface area contributed by atoms with Crippen molar-refractivity contribution in [3.63, 3.8) is 0 Å². The number of aliphatic hydroxyl groups excluding tert-OH is 1. The summed E-state index contributed by atoms with van der Waals surface area (Å²) in [7, 11) is 0. The van der Waals surface area contributed by atoms with Crippen molar-refractivity contribution in [2.75, 3.05) is 6.54 Å². The van der Waals surface area contributed by atoms with Crippen LogP contribution in [0.15, 0.2) is 60.7 Å². The van der Waals surface area contributed by atoms with Crippen LogP contribution in [0.2, 0.25) is 0 Å². The lowest BCUT2D eigenvalue weighted by Gasteiger charge is -2.31. The van der Waals surface area contributed by atoms with Gasteiger partial charge in [0.25, 0.3) is 0 Å². The van der Waals surface area contributed by atoms with Gasteiger partial charge in [-0.05, 0) is 12.8 Å². The summed E-state index contributed by atoms with van der Waals surface area (Å²) in [6, 6.07) is 21.5. The lowest BCUT2D eigenvalue weighted by atomic mass is 9.86. The molecule has 0 aliphatic heterocycles. The smallest absolute Gasteiger partial charge is 0.103 e. The van der Waals surface area contributed by atoms with Gasteiger partial charge in [0.2, 0.25) is 0 Å². The normalized spacial score (nSPS) is 21.5. The van der Waals surface area contributed by atoms with Gasteiger partial charge in [0.15, 0.2) is 0 Å². The summed E-state index contributed by atoms with van der Waals surface area (Å²) < 4.78 is 0. The van der Waals surface area contributed by atoms with E-state index in [1.165, 1.54) is 30.4 Å². The van der Waals surface area contributed by atoms with Crippen molar-refractivity contribution in [2.45, 2.75) is 44.9 Å². The summed E-state index contributed by atoms with van der Waals surface area (Å²) in [6.45, 7) is 3.11. The predicted molar refractivity (Wildman–Crippen MR) is 94.1 cm³/mol. The first kappa shape index (κ1) is 16.2. The summed E-state index contributed by atoms with van der Waals surface area (Å²) in [5, 5.41) is 10.3. The fraction of sp³-hybridized carbons (Fsp3) is 0.429. The average Bonchev–Trinajstić information content (AvgIpc) is 2.59. The number of quaternary nitrogens is 1. The van der Waals surface area contributed by atoms with Crippen molar-refractivity contribution in [1.29, 1.82) is 0 Å². The average molecular weight is 310 g/mol. The van der Waals surface area contributed by atoms with Crippen molar-refractivity contribution in [2.24, 2.45) is 5.92 Å². The van der Waals surface area contributed by atoms with Gasteiger partial charge in [-0.3, -0.25) is 0 Å². The Morgan fingerprint density at radius 1 is 0.783 bits per heavy atom. The van der Waals surface area contributed by atoms with Crippen LogP contribution in [0, 0.1) is 5.92 Å². The molecule has 2 nitrogen and oxygen atoms in total. The van der Waals surface area contributed by atoms with Crippen LogP contribution in [0.3, 0.4) is 0 Å². The van der Waals surface area contributed by atoms with Gasteiger partial charge in [0, 0.05) is 17.0 Å². The van der Waals surface area contributed by atoms with Crippen LogP contribution in [-0.2, 0) is 13.1 Å². The quantitative estimate of drug-likeness (QED) is 0.842. The fourth-order valence-corrected chi connectivity index (χ4v) is 3.77. The Balaban J connectivity index is 1.69. The number of rotatable bonds is 6. The molecule has 2 aromatic rings. The SMILES string of the molecule is O[C@@H]1CCCC[C@@H]1C[NH+](Cc1ccccc1)Cc1ccccc1. The first-order chi connectivity index (χ1) is 11.3. The molecule has 0 aromatic heterocycles. The van der Waals surface area contributed by atoms with Gasteiger partial charge in [-0.1, -0.05) is 73.5 Å². The minimum Gasteiger partial charge on any atom is -0.393 e. The second-order valence-corrected chi connectivity index (χ2v) is 6.89. The molecule has 2 N–H and O–H groups in total. The van der Waals surface area contributed by atoms with Gasteiger partial charge in [0.05, 0.1) is 12.6 Å². The third kappa shape index (κ3) is 4.92. The Hall–Kier alpha value is -1.64. The zero-order valence-electron chi connectivity index (χ0n) is 13.8. The van der Waals surface area contributed by atoms with E-state index in [0.29, 0.717) is 5.92 Å². The van der Waals surface area contributed by atoms with E-state index >= 15 is 0 Å². The molecule has 2 heteroatoms. The molecule has 1 fully saturated rings. The Morgan fingerprint density at radius 2 is 1.30 bits per heavy atom. The third-order valence-corrected chi connectivity index (χ3v) is 5.01. The standard InChI is InChI=1S/C21H27NO/c23-21-14-8-7-13-20(21)17-22(15-18-9-3-1-4-10-18)16-19-11-5-2-6-12-19/h1-6,9-12,20-21,23H,7-8,13-17H2/p+1/t20-,21-/m1/s1. The van der Waals surface area contributed by atoms with E-state index < -0.39 is 0 Å². The second kappa shape index (κ2) is 8.28. The van der Waals surface area contributed by atoms with Gasteiger partial charge in [-0.2, -0.15) is 0 Å². The summed E-state index contributed by atoms with van der Waals surface area (Å²) >= 11 is 0. The maximum absolute atomic E-state index is 10.3. The molecule has 23 heavy (non-hydrogen) atoms. The van der Waals surface area contributed by atoms with E-state index in [9.17, 15) is 5.11 Å². The molecule has 3 rings (SSSR count). The van der Waals surface area contributed by atoms with Crippen LogP contribution in [0.25, 0.3) is 0 Å². The van der Waals surface area contributed by atoms with Crippen LogP contribution in [0.5, 0.6) is 0 Å². The van der Waals surface area contributed by atoms with Crippen LogP contribution in [-0.4, -0.2) is 17.8 Å². The fourth-order valence-electron chi connectivity index (χ4n) is 3.77. The second-order valence-electron chi connectivity index (χ2n) is 6.89. The summed E-state index contributed by atoms with van der Waals surface area (Å²) in [5.74, 6) is 0.450. The minimum absolute atomic E-state index is 0.106. The Kier molecular flexibility index (Phi) is 5.84. The molecule has 0 radical (unpaired) electrons. The molecule has 0 amide bonds. The van der Waals surface area contributed by atoms with E-state index in [1.807, 2.05) is 0 Å². The third-order valence-electron chi connectivity index (χ3n) is 5.01. The maximum atomic E-state index is 10.3. The first-order valence-electron chi connectivity index (χ1n) is 8.91. The molecule has 1 saturated carbocycles. The number of nitrogens with one attached hydrogen (secondary N) is 1. The van der Waals surface area contributed by atoms with Crippen LogP contribution < -0.4 is 4.90 Å². The van der Waals surface area contributed by atoms with Gasteiger partial charge < -0.3 is 10.0 Å². The van der Waals surface area contributed by atoms with Crippen molar-refractivity contribution in [3.8, 4) is 0 Å². The Bertz CT molecular complexity index is 527. The molecule has 122 valence electrons. The molecule has 0 unspecified atom stereocenters. The highest BCUT2D eigenvalue weighted by atomic mass is 16.3. The first-order valence-corrected chi connectivity index (χ1v) is 8.91. The predicted octanol–water partition coefficient (Wildman–Crippen LogP) is 2.82. The largest absolute Gasteiger partial charge is 0.393 e. The summed E-state index contributed by atoms with van der Waals surface area (Å²) in [4.78, 5) is 1.55. The minimum atomic E-state index is -0.106. The van der Waals surface area contributed by atoms with Crippen LogP contribution in [0.4, 0.5) is 0 Å². The van der Waals surface area contributed by atoms with Crippen LogP contribution in [0.1, 0.15) is 36.8 Å². The van der Waals surface area contributed by atoms with Crippen molar-refractivity contribution in [3.05, 3.63) is 71.8 Å². The molecule has 0 heterocycles. The van der Waals surface area contributed by atoms with E-state index in [1.54, 1.807) is 4.90 Å². The van der Waals surface area contributed by atoms with E-state index in [4.69, 9.17) is 0 Å². The zero-order valence-corrected chi connectivity index (χ0v) is 13.8. The van der Waals surface area contributed by atoms with Crippen molar-refractivity contribution >= 4 is 0 Å². The maximum Gasteiger partial charge on any atom is 0.103 e. The molecule has 2 atom stereocenters. The van der Waals surface area contributed by atoms with Crippen LogP contribution >= 0.6 is 0 Å². The molecular formula is C21H28NO+. The molecule has 1 aliphatic carbocycles. The molecule has 0 saturated heterocycles. The topological polar surface area (TPSA) is 24.7 Å². The molecule has 1 aliphatic rings. The number of aliphatic hydroxyl groups is 1. The number of hydrogen-bond acceptors (Lipinski definition) is 1. The van der Waals surface area contributed by atoms with Gasteiger partial charge in [0.1, 0.15) is 13.1 Å². The highest BCUT2D eigenvalue weighted by Gasteiger charge is 2.27. The molecular weight excluding hydrogens is 282 g/mol. The Morgan fingerprint density at radius 3 is 1.83 bits per heavy atom. The van der Waals surface area contributed by atoms with Gasteiger partial charge in [-0.25, -0.2) is 0 Å². The zero-order chi connectivity index (χ0) is 15.9. The number of benzene rings is 2. The van der Waals surface area contributed by atoms with Gasteiger partial charge >= 0.3 is 0 Å². The van der Waals surface area contributed by atoms with E-state index in [-0.39, 0.29) is 6.10 Å². The lowest BCUT2D eigenvalue weighted by Crippen LogP contribution is -3.10. The lowest BCUT2D eigenvalue weighted by molar-refractivity contribution is -0.931. The number of hydrogen-bond donors (Lipinski definition) is 2. The van der Waals surface area contributed by atoms with Crippen molar-refractivity contribution < 1.29 is 10.0 Å². The Labute approximate surface area is 139 Å². The highest BCUT2D eigenvalue weighted by Crippen LogP contribution is 2.23. The summed E-state index contributed by atoms with van der Waals surface area (Å²) in [6.07, 6.45) is 4.50. The van der Waals surface area contributed by atoms with E-state index in [2.05, 4.69) is 60.7 Å². The molecule has 0 spiro atoms. The van der Waals surface area contributed by atoms with Gasteiger partial charge in [-0.15, -0.1) is 0 Å². The monoisotopic (exact) mass is 310 g/mol. The molecule has 0 bridgehead atoms. The summed E-state index contributed by atoms with van der Waals surface area (Å²) in [5.41, 5.74) is 2.76.